The Morgan fingerprint density at radius 3 is 2.60 bits per heavy atom. The summed E-state index contributed by atoms with van der Waals surface area (Å²) in [5.74, 6) is 0.522. The lowest BCUT2D eigenvalue weighted by Gasteiger charge is -2.06. The van der Waals surface area contributed by atoms with E-state index < -0.39 is 0 Å². The molecule has 1 radical (unpaired) electrons. The second-order valence-corrected chi connectivity index (χ2v) is 3.11. The average Bonchev–Trinajstić information content (AvgIpc) is 1.88. The maximum atomic E-state index is 4.31. The maximum Gasteiger partial charge on any atom is 0.00808 e. The van der Waals surface area contributed by atoms with E-state index in [9.17, 15) is 0 Å². The number of thiol groups is 1. The van der Waals surface area contributed by atoms with Gasteiger partial charge >= 0.3 is 0 Å². The first-order valence-corrected chi connectivity index (χ1v) is 3.86. The fourth-order valence-corrected chi connectivity index (χ4v) is 1.31. The fourth-order valence-electron chi connectivity index (χ4n) is 0.903. The molecule has 0 spiro atoms. The maximum absolute atomic E-state index is 4.31. The van der Waals surface area contributed by atoms with Crippen molar-refractivity contribution in [3.05, 3.63) is 29.8 Å². The van der Waals surface area contributed by atoms with Crippen LogP contribution in [0.3, 0.4) is 0 Å². The minimum absolute atomic E-state index is 0.522. The summed E-state index contributed by atoms with van der Waals surface area (Å²) in [5, 5.41) is 0. The van der Waals surface area contributed by atoms with Crippen molar-refractivity contribution < 1.29 is 0 Å². The molecule has 10 heavy (non-hydrogen) atoms. The molecule has 0 amide bonds. The summed E-state index contributed by atoms with van der Waals surface area (Å²) in [6.45, 7) is 4.29. The van der Waals surface area contributed by atoms with E-state index >= 15 is 0 Å². The predicted octanol–water partition coefficient (Wildman–Crippen LogP) is 2.90. The molecule has 1 aromatic rings. The molecule has 0 nitrogen and oxygen atoms in total. The molecule has 0 saturated heterocycles. The standard InChI is InChI=1S/C9H11S/c1-7(2)8-5-3-4-6-9(8)10/h3-4,6-7,10H,1-2H3. The van der Waals surface area contributed by atoms with E-state index in [1.165, 1.54) is 5.56 Å². The Bertz CT molecular complexity index is 216. The second kappa shape index (κ2) is 3.11. The minimum atomic E-state index is 0.522. The number of benzene rings is 1. The van der Waals surface area contributed by atoms with Crippen molar-refractivity contribution >= 4 is 12.6 Å². The molecule has 0 unspecified atom stereocenters. The Labute approximate surface area is 67.7 Å². The van der Waals surface area contributed by atoms with E-state index in [1.807, 2.05) is 18.2 Å². The highest BCUT2D eigenvalue weighted by Gasteiger charge is 2.00. The zero-order valence-corrected chi connectivity index (χ0v) is 7.15. The summed E-state index contributed by atoms with van der Waals surface area (Å²) in [6, 6.07) is 9.03. The van der Waals surface area contributed by atoms with Gasteiger partial charge in [0.15, 0.2) is 0 Å². The van der Waals surface area contributed by atoms with Gasteiger partial charge in [0.05, 0.1) is 0 Å². The van der Waals surface area contributed by atoms with Crippen LogP contribution in [0.5, 0.6) is 0 Å². The van der Waals surface area contributed by atoms with Gasteiger partial charge in [0, 0.05) is 4.90 Å². The molecule has 0 aliphatic heterocycles. The summed E-state index contributed by atoms with van der Waals surface area (Å²) in [4.78, 5) is 1.04. The Balaban J connectivity index is 3.03. The molecule has 0 bridgehead atoms. The topological polar surface area (TPSA) is 0 Å². The first kappa shape index (κ1) is 7.67. The highest BCUT2D eigenvalue weighted by Crippen LogP contribution is 2.20. The SMILES string of the molecule is CC(C)c1[c]cccc1S. The van der Waals surface area contributed by atoms with Crippen LogP contribution in [-0.2, 0) is 0 Å². The Morgan fingerprint density at radius 1 is 1.50 bits per heavy atom. The van der Waals surface area contributed by atoms with E-state index in [4.69, 9.17) is 0 Å². The molecular formula is C9H11S. The van der Waals surface area contributed by atoms with Gasteiger partial charge in [-0.15, -0.1) is 12.6 Å². The third kappa shape index (κ3) is 1.54. The molecule has 0 aliphatic rings. The predicted molar refractivity (Wildman–Crippen MR) is 46.6 cm³/mol. The lowest BCUT2D eigenvalue weighted by molar-refractivity contribution is 0.841. The quantitative estimate of drug-likeness (QED) is 0.586. The van der Waals surface area contributed by atoms with E-state index in [2.05, 4.69) is 32.5 Å². The van der Waals surface area contributed by atoms with Crippen molar-refractivity contribution in [1.82, 2.24) is 0 Å². The molecule has 1 rings (SSSR count). The van der Waals surface area contributed by atoms with Crippen LogP contribution in [0, 0.1) is 6.07 Å². The number of hydrogen-bond donors (Lipinski definition) is 1. The molecule has 0 fully saturated rings. The number of rotatable bonds is 1. The zero-order valence-electron chi connectivity index (χ0n) is 6.26. The van der Waals surface area contributed by atoms with Gasteiger partial charge < -0.3 is 0 Å². The normalized spacial score (nSPS) is 10.4. The van der Waals surface area contributed by atoms with Crippen molar-refractivity contribution in [2.75, 3.05) is 0 Å². The average molecular weight is 151 g/mol. The van der Waals surface area contributed by atoms with Crippen molar-refractivity contribution in [2.45, 2.75) is 24.7 Å². The largest absolute Gasteiger partial charge is 0.143 e. The van der Waals surface area contributed by atoms with Crippen LogP contribution < -0.4 is 0 Å². The van der Waals surface area contributed by atoms with Crippen LogP contribution in [0.1, 0.15) is 25.3 Å². The van der Waals surface area contributed by atoms with Crippen LogP contribution in [-0.4, -0.2) is 0 Å². The van der Waals surface area contributed by atoms with Crippen LogP contribution in [0.4, 0.5) is 0 Å². The first-order valence-electron chi connectivity index (χ1n) is 3.41. The Hall–Kier alpha value is -0.430. The Morgan fingerprint density at radius 2 is 2.20 bits per heavy atom. The van der Waals surface area contributed by atoms with Gasteiger partial charge in [0.1, 0.15) is 0 Å². The van der Waals surface area contributed by atoms with Crippen LogP contribution in [0.25, 0.3) is 0 Å². The molecule has 1 heteroatoms. The molecule has 0 heterocycles. The minimum Gasteiger partial charge on any atom is -0.143 e. The molecule has 0 saturated carbocycles. The van der Waals surface area contributed by atoms with Crippen LogP contribution in [0.15, 0.2) is 23.1 Å². The summed E-state index contributed by atoms with van der Waals surface area (Å²) in [6.07, 6.45) is 0. The van der Waals surface area contributed by atoms with Gasteiger partial charge in [-0.3, -0.25) is 0 Å². The summed E-state index contributed by atoms with van der Waals surface area (Å²) in [5.41, 5.74) is 1.20. The lowest BCUT2D eigenvalue weighted by atomic mass is 10.0. The third-order valence-corrected chi connectivity index (χ3v) is 1.83. The van der Waals surface area contributed by atoms with Crippen molar-refractivity contribution in [2.24, 2.45) is 0 Å². The van der Waals surface area contributed by atoms with E-state index in [1.54, 1.807) is 0 Å². The van der Waals surface area contributed by atoms with Gasteiger partial charge in [-0.05, 0) is 23.6 Å². The fraction of sp³-hybridized carbons (Fsp3) is 0.333. The van der Waals surface area contributed by atoms with Gasteiger partial charge in [-0.25, -0.2) is 0 Å². The van der Waals surface area contributed by atoms with Crippen molar-refractivity contribution in [1.29, 1.82) is 0 Å². The molecule has 53 valence electrons. The van der Waals surface area contributed by atoms with Gasteiger partial charge in [0.2, 0.25) is 0 Å². The smallest absolute Gasteiger partial charge is 0.00808 e. The van der Waals surface area contributed by atoms with Crippen LogP contribution in [0.2, 0.25) is 0 Å². The van der Waals surface area contributed by atoms with E-state index in [0.717, 1.165) is 4.90 Å². The summed E-state index contributed by atoms with van der Waals surface area (Å²) < 4.78 is 0. The van der Waals surface area contributed by atoms with Gasteiger partial charge in [0.25, 0.3) is 0 Å². The molecule has 0 aromatic heterocycles. The first-order chi connectivity index (χ1) is 4.72. The van der Waals surface area contributed by atoms with Crippen molar-refractivity contribution in [3.8, 4) is 0 Å². The van der Waals surface area contributed by atoms with Crippen LogP contribution >= 0.6 is 12.6 Å². The highest BCUT2D eigenvalue weighted by atomic mass is 32.1. The van der Waals surface area contributed by atoms with E-state index in [-0.39, 0.29) is 0 Å². The monoisotopic (exact) mass is 151 g/mol. The number of hydrogen-bond acceptors (Lipinski definition) is 1. The zero-order chi connectivity index (χ0) is 7.56. The summed E-state index contributed by atoms with van der Waals surface area (Å²) >= 11 is 4.31. The molecule has 1 aromatic carbocycles. The second-order valence-electron chi connectivity index (χ2n) is 2.62. The third-order valence-electron chi connectivity index (χ3n) is 1.44. The highest BCUT2D eigenvalue weighted by molar-refractivity contribution is 7.80. The summed E-state index contributed by atoms with van der Waals surface area (Å²) in [7, 11) is 0. The van der Waals surface area contributed by atoms with Crippen molar-refractivity contribution in [3.63, 3.8) is 0 Å². The van der Waals surface area contributed by atoms with E-state index in [0.29, 0.717) is 5.92 Å². The molecular weight excluding hydrogens is 140 g/mol. The lowest BCUT2D eigenvalue weighted by Crippen LogP contribution is -1.87. The molecule has 0 aliphatic carbocycles. The molecule has 0 atom stereocenters. The Kier molecular flexibility index (Phi) is 2.39. The van der Waals surface area contributed by atoms with Gasteiger partial charge in [-0.2, -0.15) is 0 Å². The molecule has 0 N–H and O–H groups in total. The van der Waals surface area contributed by atoms with Gasteiger partial charge in [-0.1, -0.05) is 26.0 Å².